The quantitative estimate of drug-likeness (QED) is 0.798. The van der Waals surface area contributed by atoms with Gasteiger partial charge in [0, 0.05) is 16.7 Å². The van der Waals surface area contributed by atoms with E-state index in [1.54, 1.807) is 0 Å². The third-order valence-electron chi connectivity index (χ3n) is 2.73. The van der Waals surface area contributed by atoms with Crippen LogP contribution in [0.1, 0.15) is 11.1 Å². The minimum Gasteiger partial charge on any atom is -0.381 e. The SMILES string of the molecule is Cc1ccc(Br)cc1NCc1cc(F)c(F)c(F)c1. The van der Waals surface area contributed by atoms with Crippen LogP contribution in [0.3, 0.4) is 0 Å². The van der Waals surface area contributed by atoms with Crippen LogP contribution in [0.2, 0.25) is 0 Å². The average Bonchev–Trinajstić information content (AvgIpc) is 2.37. The zero-order valence-electron chi connectivity index (χ0n) is 10.1. The summed E-state index contributed by atoms with van der Waals surface area (Å²) in [6.45, 7) is 2.13. The fourth-order valence-corrected chi connectivity index (χ4v) is 2.05. The molecule has 0 atom stereocenters. The van der Waals surface area contributed by atoms with Crippen molar-refractivity contribution in [2.75, 3.05) is 5.32 Å². The zero-order chi connectivity index (χ0) is 14.0. The predicted molar refractivity (Wildman–Crippen MR) is 72.5 cm³/mol. The summed E-state index contributed by atoms with van der Waals surface area (Å²) in [6.07, 6.45) is 0. The van der Waals surface area contributed by atoms with Gasteiger partial charge in [0.15, 0.2) is 17.5 Å². The zero-order valence-corrected chi connectivity index (χ0v) is 11.7. The Morgan fingerprint density at radius 3 is 2.32 bits per heavy atom. The molecule has 0 fully saturated rings. The first kappa shape index (κ1) is 13.9. The van der Waals surface area contributed by atoms with Gasteiger partial charge in [0.1, 0.15) is 0 Å². The maximum atomic E-state index is 13.1. The Hall–Kier alpha value is -1.49. The number of anilines is 1. The van der Waals surface area contributed by atoms with Gasteiger partial charge in [-0.05, 0) is 42.3 Å². The van der Waals surface area contributed by atoms with Crippen LogP contribution in [0.4, 0.5) is 18.9 Å². The summed E-state index contributed by atoms with van der Waals surface area (Å²) in [4.78, 5) is 0. The fourth-order valence-electron chi connectivity index (χ4n) is 1.69. The van der Waals surface area contributed by atoms with E-state index in [1.807, 2.05) is 25.1 Å². The van der Waals surface area contributed by atoms with Crippen LogP contribution >= 0.6 is 15.9 Å². The lowest BCUT2D eigenvalue weighted by atomic mass is 10.1. The molecule has 0 aromatic heterocycles. The highest BCUT2D eigenvalue weighted by atomic mass is 79.9. The summed E-state index contributed by atoms with van der Waals surface area (Å²) in [5.74, 6) is -3.80. The van der Waals surface area contributed by atoms with Gasteiger partial charge in [0.25, 0.3) is 0 Å². The number of rotatable bonds is 3. The molecule has 19 heavy (non-hydrogen) atoms. The van der Waals surface area contributed by atoms with Crippen molar-refractivity contribution in [1.82, 2.24) is 0 Å². The van der Waals surface area contributed by atoms with E-state index in [0.29, 0.717) is 5.56 Å². The van der Waals surface area contributed by atoms with Gasteiger partial charge in [0.05, 0.1) is 0 Å². The first-order valence-corrected chi connectivity index (χ1v) is 6.40. The lowest BCUT2D eigenvalue weighted by Gasteiger charge is -2.10. The van der Waals surface area contributed by atoms with E-state index < -0.39 is 17.5 Å². The van der Waals surface area contributed by atoms with Crippen LogP contribution in [0.25, 0.3) is 0 Å². The Kier molecular flexibility index (Phi) is 4.14. The lowest BCUT2D eigenvalue weighted by Crippen LogP contribution is -2.03. The Bertz CT molecular complexity index is 591. The van der Waals surface area contributed by atoms with E-state index in [-0.39, 0.29) is 6.54 Å². The fraction of sp³-hybridized carbons (Fsp3) is 0.143. The number of halogens is 4. The summed E-state index contributed by atoms with van der Waals surface area (Å²) in [5.41, 5.74) is 2.20. The molecule has 5 heteroatoms. The molecule has 2 aromatic rings. The van der Waals surface area contributed by atoms with Crippen molar-refractivity contribution in [2.45, 2.75) is 13.5 Å². The van der Waals surface area contributed by atoms with Gasteiger partial charge in [-0.1, -0.05) is 22.0 Å². The first-order chi connectivity index (χ1) is 8.97. The molecular weight excluding hydrogens is 319 g/mol. The van der Waals surface area contributed by atoms with Gasteiger partial charge in [0.2, 0.25) is 0 Å². The average molecular weight is 330 g/mol. The third-order valence-corrected chi connectivity index (χ3v) is 3.22. The molecule has 0 spiro atoms. The van der Waals surface area contributed by atoms with Gasteiger partial charge in [-0.3, -0.25) is 0 Å². The molecule has 1 N–H and O–H groups in total. The van der Waals surface area contributed by atoms with Crippen LogP contribution in [0.15, 0.2) is 34.8 Å². The van der Waals surface area contributed by atoms with Gasteiger partial charge < -0.3 is 5.32 Å². The standard InChI is InChI=1S/C14H11BrF3N/c1-8-2-3-10(15)6-13(8)19-7-9-4-11(16)14(18)12(17)5-9/h2-6,19H,7H2,1H3. The molecule has 2 aromatic carbocycles. The number of benzene rings is 2. The van der Waals surface area contributed by atoms with Crippen molar-refractivity contribution in [3.8, 4) is 0 Å². The minimum atomic E-state index is -1.44. The number of aryl methyl sites for hydroxylation is 1. The third kappa shape index (κ3) is 3.29. The van der Waals surface area contributed by atoms with E-state index in [2.05, 4.69) is 21.2 Å². The molecular formula is C14H11BrF3N. The van der Waals surface area contributed by atoms with Crippen molar-refractivity contribution >= 4 is 21.6 Å². The normalized spacial score (nSPS) is 10.6. The molecule has 0 aliphatic heterocycles. The van der Waals surface area contributed by atoms with Gasteiger partial charge in [-0.25, -0.2) is 13.2 Å². The van der Waals surface area contributed by atoms with Crippen LogP contribution in [-0.4, -0.2) is 0 Å². The summed E-state index contributed by atoms with van der Waals surface area (Å²) >= 11 is 3.35. The van der Waals surface area contributed by atoms with E-state index in [4.69, 9.17) is 0 Å². The molecule has 0 unspecified atom stereocenters. The monoisotopic (exact) mass is 329 g/mol. The van der Waals surface area contributed by atoms with Gasteiger partial charge in [-0.2, -0.15) is 0 Å². The highest BCUT2D eigenvalue weighted by molar-refractivity contribution is 9.10. The summed E-state index contributed by atoms with van der Waals surface area (Å²) in [5, 5.41) is 3.06. The van der Waals surface area contributed by atoms with E-state index in [1.165, 1.54) is 0 Å². The number of hydrogen-bond acceptors (Lipinski definition) is 1. The molecule has 2 rings (SSSR count). The molecule has 0 aliphatic rings. The molecule has 1 nitrogen and oxygen atoms in total. The number of nitrogens with one attached hydrogen (secondary N) is 1. The van der Waals surface area contributed by atoms with E-state index >= 15 is 0 Å². The second kappa shape index (κ2) is 5.65. The summed E-state index contributed by atoms with van der Waals surface area (Å²) in [7, 11) is 0. The Labute approximate surface area is 117 Å². The maximum Gasteiger partial charge on any atom is 0.194 e. The summed E-state index contributed by atoms with van der Waals surface area (Å²) in [6, 6.07) is 7.65. The minimum absolute atomic E-state index is 0.214. The van der Waals surface area contributed by atoms with Crippen LogP contribution in [0.5, 0.6) is 0 Å². The maximum absolute atomic E-state index is 13.1. The molecule has 0 bridgehead atoms. The Morgan fingerprint density at radius 2 is 1.68 bits per heavy atom. The van der Waals surface area contributed by atoms with E-state index in [9.17, 15) is 13.2 Å². The Balaban J connectivity index is 2.17. The van der Waals surface area contributed by atoms with Crippen molar-refractivity contribution in [1.29, 1.82) is 0 Å². The topological polar surface area (TPSA) is 12.0 Å². The van der Waals surface area contributed by atoms with Crippen LogP contribution in [0, 0.1) is 24.4 Å². The highest BCUT2D eigenvalue weighted by Crippen LogP contribution is 2.22. The Morgan fingerprint density at radius 1 is 1.05 bits per heavy atom. The lowest BCUT2D eigenvalue weighted by molar-refractivity contribution is 0.445. The molecule has 0 amide bonds. The predicted octanol–water partition coefficient (Wildman–Crippen LogP) is 4.79. The summed E-state index contributed by atoms with van der Waals surface area (Å²) < 4.78 is 39.8. The van der Waals surface area contributed by atoms with Crippen molar-refractivity contribution in [3.63, 3.8) is 0 Å². The molecule has 100 valence electrons. The first-order valence-electron chi connectivity index (χ1n) is 5.61. The largest absolute Gasteiger partial charge is 0.381 e. The number of hydrogen-bond donors (Lipinski definition) is 1. The van der Waals surface area contributed by atoms with Crippen molar-refractivity contribution < 1.29 is 13.2 Å². The highest BCUT2D eigenvalue weighted by Gasteiger charge is 2.10. The van der Waals surface area contributed by atoms with Crippen molar-refractivity contribution in [2.24, 2.45) is 0 Å². The molecule has 0 aliphatic carbocycles. The molecule has 0 heterocycles. The van der Waals surface area contributed by atoms with Crippen LogP contribution < -0.4 is 5.32 Å². The van der Waals surface area contributed by atoms with E-state index in [0.717, 1.165) is 27.9 Å². The second-order valence-corrected chi connectivity index (χ2v) is 5.10. The van der Waals surface area contributed by atoms with Crippen molar-refractivity contribution in [3.05, 3.63) is 63.4 Å². The molecule has 0 radical (unpaired) electrons. The van der Waals surface area contributed by atoms with Crippen LogP contribution in [-0.2, 0) is 6.54 Å². The van der Waals surface area contributed by atoms with Gasteiger partial charge in [-0.15, -0.1) is 0 Å². The second-order valence-electron chi connectivity index (χ2n) is 4.19. The van der Waals surface area contributed by atoms with Gasteiger partial charge >= 0.3 is 0 Å². The molecule has 0 saturated carbocycles. The smallest absolute Gasteiger partial charge is 0.194 e. The molecule has 0 saturated heterocycles.